The first-order valence-electron chi connectivity index (χ1n) is 5.50. The van der Waals surface area contributed by atoms with Crippen molar-refractivity contribution >= 4 is 11.8 Å². The lowest BCUT2D eigenvalue weighted by molar-refractivity contribution is -0.136. The third-order valence-electron chi connectivity index (χ3n) is 4.39. The summed E-state index contributed by atoms with van der Waals surface area (Å²) < 4.78 is 0. The second kappa shape index (κ2) is 2.75. The van der Waals surface area contributed by atoms with Crippen molar-refractivity contribution in [3.05, 3.63) is 12.2 Å². The Morgan fingerprint density at radius 2 is 1.47 bits per heavy atom. The second-order valence-corrected chi connectivity index (χ2v) is 4.80. The van der Waals surface area contributed by atoms with E-state index < -0.39 is 22.6 Å². The van der Waals surface area contributed by atoms with Gasteiger partial charge in [0.15, 0.2) is 10.8 Å². The van der Waals surface area contributed by atoms with E-state index in [2.05, 4.69) is 5.32 Å². The van der Waals surface area contributed by atoms with Gasteiger partial charge in [0.1, 0.15) is 0 Å². The average Bonchev–Trinajstić information content (AvgIpc) is 2.61. The van der Waals surface area contributed by atoms with Gasteiger partial charge in [-0.15, -0.1) is 0 Å². The molecule has 3 aliphatic carbocycles. The van der Waals surface area contributed by atoms with Crippen LogP contribution in [0.3, 0.4) is 0 Å². The summed E-state index contributed by atoms with van der Waals surface area (Å²) >= 11 is 0. The highest BCUT2D eigenvalue weighted by Gasteiger charge is 2.75. The van der Waals surface area contributed by atoms with E-state index in [1.165, 1.54) is 0 Å². The molecule has 5 nitrogen and oxygen atoms in total. The molecule has 1 heterocycles. The molecular weight excluding hydrogens is 218 g/mol. The van der Waals surface area contributed by atoms with Gasteiger partial charge in [-0.3, -0.25) is 14.9 Å². The highest BCUT2D eigenvalue weighted by Crippen LogP contribution is 2.62. The zero-order chi connectivity index (χ0) is 12.3. The van der Waals surface area contributed by atoms with Crippen LogP contribution in [0.25, 0.3) is 0 Å². The zero-order valence-corrected chi connectivity index (χ0v) is 8.93. The highest BCUT2D eigenvalue weighted by atomic mass is 16.2. The van der Waals surface area contributed by atoms with Crippen LogP contribution >= 0.6 is 0 Å². The number of imide groups is 1. The SMILES string of the molecule is N#C[C@]12C(=O)NC(=O)[C@]1(C#N)[C@H]1C=C[C@H]2CC1. The number of carbonyl (C=O) groups excluding carboxylic acids is 2. The Labute approximate surface area is 97.7 Å². The Morgan fingerprint density at radius 3 is 1.76 bits per heavy atom. The molecule has 0 radical (unpaired) electrons. The van der Waals surface area contributed by atoms with Crippen LogP contribution in [0.15, 0.2) is 12.2 Å². The Morgan fingerprint density at radius 1 is 1.06 bits per heavy atom. The lowest BCUT2D eigenvalue weighted by Crippen LogP contribution is -2.56. The summed E-state index contributed by atoms with van der Waals surface area (Å²) in [5, 5.41) is 21.0. The molecule has 1 N–H and O–H groups in total. The van der Waals surface area contributed by atoms with Crippen LogP contribution in [0.1, 0.15) is 12.8 Å². The number of allylic oxidation sites excluding steroid dienone is 2. The molecule has 0 spiro atoms. The molecule has 4 aliphatic rings. The smallest absolute Gasteiger partial charge is 0.249 e. The topological polar surface area (TPSA) is 93.8 Å². The minimum Gasteiger partial charge on any atom is -0.293 e. The van der Waals surface area contributed by atoms with Gasteiger partial charge in [0.05, 0.1) is 12.1 Å². The fourth-order valence-corrected chi connectivity index (χ4v) is 3.57. The number of hydrogen-bond donors (Lipinski definition) is 1. The van der Waals surface area contributed by atoms with Crippen LogP contribution in [-0.4, -0.2) is 11.8 Å². The number of nitriles is 2. The molecular formula is C12H9N3O2. The van der Waals surface area contributed by atoms with Gasteiger partial charge in [-0.25, -0.2) is 0 Å². The Kier molecular flexibility index (Phi) is 1.63. The first-order valence-corrected chi connectivity index (χ1v) is 5.50. The third-order valence-corrected chi connectivity index (χ3v) is 4.39. The molecule has 1 saturated heterocycles. The van der Waals surface area contributed by atoms with E-state index in [4.69, 9.17) is 0 Å². The van der Waals surface area contributed by atoms with E-state index in [9.17, 15) is 20.1 Å². The largest absolute Gasteiger partial charge is 0.293 e. The summed E-state index contributed by atoms with van der Waals surface area (Å²) in [6, 6.07) is 3.95. The van der Waals surface area contributed by atoms with Crippen LogP contribution in [0.5, 0.6) is 0 Å². The first kappa shape index (κ1) is 10.0. The fraction of sp³-hybridized carbons (Fsp3) is 0.500. The maximum atomic E-state index is 12.0. The average molecular weight is 227 g/mol. The lowest BCUT2D eigenvalue weighted by atomic mass is 9.47. The highest BCUT2D eigenvalue weighted by molar-refractivity contribution is 6.13. The summed E-state index contributed by atoms with van der Waals surface area (Å²) in [4.78, 5) is 24.0. The third kappa shape index (κ3) is 0.754. The van der Waals surface area contributed by atoms with E-state index in [-0.39, 0.29) is 11.8 Å². The number of carbonyl (C=O) groups is 2. The van der Waals surface area contributed by atoms with Crippen molar-refractivity contribution in [1.29, 1.82) is 10.5 Å². The molecule has 2 amide bonds. The molecule has 0 aromatic rings. The molecule has 2 fully saturated rings. The molecule has 17 heavy (non-hydrogen) atoms. The number of nitrogens with zero attached hydrogens (tertiary/aromatic N) is 2. The summed E-state index contributed by atoms with van der Waals surface area (Å²) in [6.45, 7) is 0. The lowest BCUT2D eigenvalue weighted by Gasteiger charge is -2.48. The van der Waals surface area contributed by atoms with Crippen molar-refractivity contribution in [1.82, 2.24) is 5.32 Å². The van der Waals surface area contributed by atoms with Crippen molar-refractivity contribution in [2.75, 3.05) is 0 Å². The zero-order valence-electron chi connectivity index (χ0n) is 8.93. The summed E-state index contributed by atoms with van der Waals surface area (Å²) in [5.41, 5.74) is -3.03. The van der Waals surface area contributed by atoms with Crippen LogP contribution < -0.4 is 5.32 Å². The maximum Gasteiger partial charge on any atom is 0.249 e. The number of rotatable bonds is 0. The number of fused-ring (bicyclic) bond motifs is 1. The molecule has 1 aliphatic heterocycles. The fourth-order valence-electron chi connectivity index (χ4n) is 3.57. The van der Waals surface area contributed by atoms with Crippen LogP contribution in [-0.2, 0) is 9.59 Å². The van der Waals surface area contributed by atoms with E-state index in [1.807, 2.05) is 24.3 Å². The van der Waals surface area contributed by atoms with Crippen LogP contribution in [0.4, 0.5) is 0 Å². The summed E-state index contributed by atoms with van der Waals surface area (Å²) in [5.74, 6) is -1.87. The predicted octanol–water partition coefficient (Wildman–Crippen LogP) is 0.259. The Balaban J connectivity index is 2.37. The minimum atomic E-state index is -1.52. The van der Waals surface area contributed by atoms with E-state index >= 15 is 0 Å². The molecule has 5 heteroatoms. The molecule has 4 rings (SSSR count). The number of hydrogen-bond acceptors (Lipinski definition) is 4. The van der Waals surface area contributed by atoms with E-state index in [1.54, 1.807) is 0 Å². The van der Waals surface area contributed by atoms with Gasteiger partial charge in [0, 0.05) is 11.8 Å². The molecule has 4 atom stereocenters. The molecule has 0 aromatic heterocycles. The monoisotopic (exact) mass is 227 g/mol. The van der Waals surface area contributed by atoms with Crippen molar-refractivity contribution in [3.8, 4) is 12.1 Å². The normalized spacial score (nSPS) is 46.0. The van der Waals surface area contributed by atoms with Crippen molar-refractivity contribution in [3.63, 3.8) is 0 Å². The molecule has 84 valence electrons. The van der Waals surface area contributed by atoms with E-state index in [0.717, 1.165) is 0 Å². The van der Waals surface area contributed by atoms with Crippen LogP contribution in [0, 0.1) is 45.3 Å². The van der Waals surface area contributed by atoms with Gasteiger partial charge in [0.25, 0.3) is 0 Å². The van der Waals surface area contributed by atoms with Gasteiger partial charge in [-0.2, -0.15) is 10.5 Å². The summed E-state index contributed by atoms with van der Waals surface area (Å²) in [7, 11) is 0. The maximum absolute atomic E-state index is 12.0. The Bertz CT molecular complexity index is 505. The van der Waals surface area contributed by atoms with Crippen molar-refractivity contribution in [2.45, 2.75) is 12.8 Å². The predicted molar refractivity (Wildman–Crippen MR) is 54.6 cm³/mol. The van der Waals surface area contributed by atoms with Gasteiger partial charge >= 0.3 is 0 Å². The number of amides is 2. The van der Waals surface area contributed by atoms with Crippen LogP contribution in [0.2, 0.25) is 0 Å². The molecule has 1 saturated carbocycles. The minimum absolute atomic E-state index is 0.330. The van der Waals surface area contributed by atoms with Crippen molar-refractivity contribution < 1.29 is 9.59 Å². The van der Waals surface area contributed by atoms with Gasteiger partial charge < -0.3 is 0 Å². The van der Waals surface area contributed by atoms with Gasteiger partial charge in [-0.05, 0) is 12.8 Å². The van der Waals surface area contributed by atoms with Gasteiger partial charge in [0.2, 0.25) is 11.8 Å². The first-order chi connectivity index (χ1) is 8.13. The quantitative estimate of drug-likeness (QED) is 0.474. The number of nitrogens with one attached hydrogen (secondary N) is 1. The van der Waals surface area contributed by atoms with Crippen molar-refractivity contribution in [2.24, 2.45) is 22.7 Å². The standard InChI is InChI=1S/C12H9N3O2/c13-5-11-7-1-2-8(4-3-7)12(11,6-14)10(17)15-9(11)16/h1-2,7-8H,3-4H2,(H,15,16,17)/t7-,8-,11-,12-/m0/s1. The second-order valence-electron chi connectivity index (χ2n) is 4.80. The molecule has 0 unspecified atom stereocenters. The van der Waals surface area contributed by atoms with Gasteiger partial charge in [-0.1, -0.05) is 12.2 Å². The summed E-state index contributed by atoms with van der Waals surface area (Å²) in [6.07, 6.45) is 4.98. The molecule has 0 aromatic carbocycles. The molecule has 2 bridgehead atoms. The van der Waals surface area contributed by atoms with E-state index in [0.29, 0.717) is 12.8 Å². The Hall–Kier alpha value is -2.14.